The molecule has 0 fully saturated rings. The normalized spacial score (nSPS) is 12.5. The lowest BCUT2D eigenvalue weighted by molar-refractivity contribution is 0.0951. The second-order valence-electron chi connectivity index (χ2n) is 3.96. The first-order valence-corrected chi connectivity index (χ1v) is 5.41. The van der Waals surface area contributed by atoms with E-state index in [2.05, 4.69) is 5.32 Å². The Kier molecular flexibility index (Phi) is 4.04. The second kappa shape index (κ2) is 5.08. The number of carbonyl (C=O) groups is 1. The van der Waals surface area contributed by atoms with E-state index in [1.165, 1.54) is 5.56 Å². The molecule has 0 bridgehead atoms. The van der Waals surface area contributed by atoms with Crippen LogP contribution in [0.15, 0.2) is 18.2 Å². The third-order valence-electron chi connectivity index (χ3n) is 2.55. The summed E-state index contributed by atoms with van der Waals surface area (Å²) in [4.78, 5) is 12.0. The van der Waals surface area contributed by atoms with Crippen LogP contribution in [0.4, 0.5) is 0 Å². The zero-order chi connectivity index (χ0) is 11.4. The average Bonchev–Trinajstić information content (AvgIpc) is 2.17. The van der Waals surface area contributed by atoms with Gasteiger partial charge in [-0.15, -0.1) is 0 Å². The van der Waals surface area contributed by atoms with E-state index in [-0.39, 0.29) is 11.8 Å². The Hall–Kier alpha value is -1.15. The molecular formula is C13H19NO. The summed E-state index contributed by atoms with van der Waals surface area (Å²) in [5.74, 6) is 0.175. The molecule has 2 nitrogen and oxygen atoms in total. The van der Waals surface area contributed by atoms with E-state index < -0.39 is 0 Å². The van der Waals surface area contributed by atoms with Gasteiger partial charge in [0.05, 0.1) is 6.04 Å². The van der Waals surface area contributed by atoms with Crippen LogP contribution in [0.25, 0.3) is 0 Å². The summed E-state index contributed by atoms with van der Waals surface area (Å²) in [5, 5.41) is 3.14. The molecule has 0 saturated carbocycles. The summed E-state index contributed by atoms with van der Waals surface area (Å²) in [6, 6.07) is 5.85. The van der Waals surface area contributed by atoms with Gasteiger partial charge in [-0.3, -0.25) is 4.79 Å². The van der Waals surface area contributed by atoms with Crippen molar-refractivity contribution in [2.45, 2.75) is 33.7 Å². The maximum atomic E-state index is 12.0. The van der Waals surface area contributed by atoms with Gasteiger partial charge in [0.2, 0.25) is 0 Å². The molecule has 15 heavy (non-hydrogen) atoms. The SMILES string of the molecule is CCN[C@@H](C)C(=O)c1ccc(C)cc1C. The minimum absolute atomic E-state index is 0.101. The van der Waals surface area contributed by atoms with E-state index in [4.69, 9.17) is 0 Å². The number of likely N-dealkylation sites (N-methyl/N-ethyl adjacent to an activating group) is 1. The van der Waals surface area contributed by atoms with Crippen LogP contribution in [0, 0.1) is 13.8 Å². The Morgan fingerprint density at radius 2 is 2.07 bits per heavy atom. The van der Waals surface area contributed by atoms with Crippen LogP contribution in [0.2, 0.25) is 0 Å². The number of nitrogens with one attached hydrogen (secondary N) is 1. The standard InChI is InChI=1S/C13H19NO/c1-5-14-11(4)13(15)12-7-6-9(2)8-10(12)3/h6-8,11,14H,5H2,1-4H3/t11-/m0/s1. The molecule has 1 aromatic carbocycles. The van der Waals surface area contributed by atoms with Crippen LogP contribution in [0.5, 0.6) is 0 Å². The van der Waals surface area contributed by atoms with Gasteiger partial charge in [-0.25, -0.2) is 0 Å². The molecule has 0 saturated heterocycles. The van der Waals surface area contributed by atoms with Crippen molar-refractivity contribution in [2.24, 2.45) is 0 Å². The minimum Gasteiger partial charge on any atom is -0.308 e. The maximum absolute atomic E-state index is 12.0. The quantitative estimate of drug-likeness (QED) is 0.765. The Labute approximate surface area is 91.7 Å². The van der Waals surface area contributed by atoms with Crippen molar-refractivity contribution in [3.63, 3.8) is 0 Å². The number of hydrogen-bond acceptors (Lipinski definition) is 2. The molecule has 0 amide bonds. The first-order chi connectivity index (χ1) is 7.06. The van der Waals surface area contributed by atoms with Crippen LogP contribution in [0.1, 0.15) is 35.3 Å². The highest BCUT2D eigenvalue weighted by Crippen LogP contribution is 2.12. The zero-order valence-corrected chi connectivity index (χ0v) is 9.92. The van der Waals surface area contributed by atoms with Gasteiger partial charge in [-0.2, -0.15) is 0 Å². The summed E-state index contributed by atoms with van der Waals surface area (Å²) in [5.41, 5.74) is 3.08. The predicted octanol–water partition coefficient (Wildman–Crippen LogP) is 2.48. The summed E-state index contributed by atoms with van der Waals surface area (Å²) in [7, 11) is 0. The third-order valence-corrected chi connectivity index (χ3v) is 2.55. The number of rotatable bonds is 4. The van der Waals surface area contributed by atoms with Crippen LogP contribution in [-0.4, -0.2) is 18.4 Å². The lowest BCUT2D eigenvalue weighted by Gasteiger charge is -2.13. The summed E-state index contributed by atoms with van der Waals surface area (Å²) in [6.45, 7) is 8.75. The van der Waals surface area contributed by atoms with E-state index >= 15 is 0 Å². The summed E-state index contributed by atoms with van der Waals surface area (Å²) < 4.78 is 0. The molecule has 0 spiro atoms. The first-order valence-electron chi connectivity index (χ1n) is 5.41. The summed E-state index contributed by atoms with van der Waals surface area (Å²) in [6.07, 6.45) is 0. The highest BCUT2D eigenvalue weighted by atomic mass is 16.1. The topological polar surface area (TPSA) is 29.1 Å². The van der Waals surface area contributed by atoms with Crippen molar-refractivity contribution in [3.05, 3.63) is 34.9 Å². The van der Waals surface area contributed by atoms with Crippen LogP contribution in [-0.2, 0) is 0 Å². The molecule has 0 unspecified atom stereocenters. The van der Waals surface area contributed by atoms with Crippen molar-refractivity contribution in [1.29, 1.82) is 0 Å². The van der Waals surface area contributed by atoms with Crippen molar-refractivity contribution in [3.8, 4) is 0 Å². The molecule has 82 valence electrons. The molecule has 0 aliphatic rings. The molecule has 1 aromatic rings. The summed E-state index contributed by atoms with van der Waals surface area (Å²) >= 11 is 0. The number of hydrogen-bond donors (Lipinski definition) is 1. The highest BCUT2D eigenvalue weighted by Gasteiger charge is 2.15. The van der Waals surface area contributed by atoms with Crippen LogP contribution < -0.4 is 5.32 Å². The molecule has 1 rings (SSSR count). The lowest BCUT2D eigenvalue weighted by atomic mass is 9.99. The van der Waals surface area contributed by atoms with Gasteiger partial charge < -0.3 is 5.32 Å². The van der Waals surface area contributed by atoms with Gasteiger partial charge in [-0.1, -0.05) is 30.7 Å². The molecule has 0 aliphatic carbocycles. The molecule has 2 heteroatoms. The number of ketones is 1. The number of Topliss-reactive ketones (excluding diaryl/α,β-unsaturated/α-hetero) is 1. The van der Waals surface area contributed by atoms with Gasteiger partial charge in [0.25, 0.3) is 0 Å². The fourth-order valence-corrected chi connectivity index (χ4v) is 1.72. The van der Waals surface area contributed by atoms with E-state index in [0.717, 1.165) is 17.7 Å². The average molecular weight is 205 g/mol. The lowest BCUT2D eigenvalue weighted by Crippen LogP contribution is -2.34. The molecule has 0 aliphatic heterocycles. The number of aryl methyl sites for hydroxylation is 2. The van der Waals surface area contributed by atoms with Crippen molar-refractivity contribution in [1.82, 2.24) is 5.32 Å². The molecule has 0 aromatic heterocycles. The van der Waals surface area contributed by atoms with Crippen molar-refractivity contribution >= 4 is 5.78 Å². The zero-order valence-electron chi connectivity index (χ0n) is 9.92. The molecule has 0 radical (unpaired) electrons. The van der Waals surface area contributed by atoms with E-state index in [9.17, 15) is 4.79 Å². The van der Waals surface area contributed by atoms with Crippen molar-refractivity contribution in [2.75, 3.05) is 6.54 Å². The Morgan fingerprint density at radius 1 is 1.40 bits per heavy atom. The van der Waals surface area contributed by atoms with Gasteiger partial charge in [0.15, 0.2) is 5.78 Å². The Bertz CT molecular complexity index is 358. The molecule has 1 atom stereocenters. The monoisotopic (exact) mass is 205 g/mol. The van der Waals surface area contributed by atoms with E-state index in [1.807, 2.05) is 45.9 Å². The largest absolute Gasteiger partial charge is 0.308 e. The Morgan fingerprint density at radius 3 is 2.60 bits per heavy atom. The number of carbonyl (C=O) groups excluding carboxylic acids is 1. The van der Waals surface area contributed by atoms with Gasteiger partial charge in [-0.05, 0) is 32.9 Å². The maximum Gasteiger partial charge on any atom is 0.179 e. The van der Waals surface area contributed by atoms with E-state index in [1.54, 1.807) is 0 Å². The fourth-order valence-electron chi connectivity index (χ4n) is 1.72. The second-order valence-corrected chi connectivity index (χ2v) is 3.96. The molecule has 0 heterocycles. The fraction of sp³-hybridized carbons (Fsp3) is 0.462. The molecule has 1 N–H and O–H groups in total. The van der Waals surface area contributed by atoms with Gasteiger partial charge >= 0.3 is 0 Å². The number of benzene rings is 1. The van der Waals surface area contributed by atoms with Crippen molar-refractivity contribution < 1.29 is 4.79 Å². The van der Waals surface area contributed by atoms with Crippen LogP contribution in [0.3, 0.4) is 0 Å². The highest BCUT2D eigenvalue weighted by molar-refractivity contribution is 6.01. The van der Waals surface area contributed by atoms with Gasteiger partial charge in [0.1, 0.15) is 0 Å². The van der Waals surface area contributed by atoms with Gasteiger partial charge in [0, 0.05) is 5.56 Å². The molecular weight excluding hydrogens is 186 g/mol. The predicted molar refractivity (Wildman–Crippen MR) is 63.4 cm³/mol. The first kappa shape index (κ1) is 11.9. The van der Waals surface area contributed by atoms with Crippen LogP contribution >= 0.6 is 0 Å². The third kappa shape index (κ3) is 2.90. The van der Waals surface area contributed by atoms with E-state index in [0.29, 0.717) is 0 Å². The smallest absolute Gasteiger partial charge is 0.179 e. The Balaban J connectivity index is 2.91. The minimum atomic E-state index is -0.101.